The van der Waals surface area contributed by atoms with E-state index in [9.17, 15) is 24.3 Å². The molecule has 2 aromatic rings. The summed E-state index contributed by atoms with van der Waals surface area (Å²) in [5, 5.41) is 17.7. The zero-order chi connectivity index (χ0) is 27.8. The van der Waals surface area contributed by atoms with Crippen molar-refractivity contribution in [1.29, 1.82) is 0 Å². The second kappa shape index (κ2) is 13.1. The van der Waals surface area contributed by atoms with Crippen LogP contribution in [-0.4, -0.2) is 94.2 Å². The van der Waals surface area contributed by atoms with Crippen LogP contribution >= 0.6 is 0 Å². The standard InChI is InChI=1S/C26H33N5O8/c1-2-37-26(36)39-30-14-12-29(13-15-30)25(35)20(10-11-23(32)33)27-24(34)21-16-22(38-17-18-8-9-18)31(28-21)19-6-4-3-5-7-19/h3-7,16,18,20H,2,8-15,17H2,1H3,(H,27,34)(H,32,33)/t20-/m0/s1. The SMILES string of the molecule is CCOC(=O)ON1CCN(C(=O)[C@H](CCC(=O)O)NC(=O)c2cc(OCC3CC3)n(-c3ccccc3)n2)CC1. The number of ether oxygens (including phenoxy) is 2. The van der Waals surface area contributed by atoms with Gasteiger partial charge < -0.3 is 29.6 Å². The van der Waals surface area contributed by atoms with Gasteiger partial charge in [0.05, 0.1) is 32.0 Å². The number of rotatable bonds is 12. The molecule has 2 fully saturated rings. The number of carboxylic acid groups (broad SMARTS) is 1. The van der Waals surface area contributed by atoms with E-state index >= 15 is 0 Å². The average Bonchev–Trinajstić information content (AvgIpc) is 3.67. The number of hydroxylamine groups is 2. The Morgan fingerprint density at radius 3 is 2.46 bits per heavy atom. The third-order valence-corrected chi connectivity index (χ3v) is 6.34. The van der Waals surface area contributed by atoms with Crippen molar-refractivity contribution in [2.75, 3.05) is 39.4 Å². The first-order valence-corrected chi connectivity index (χ1v) is 13.0. The number of carboxylic acids is 1. The van der Waals surface area contributed by atoms with Gasteiger partial charge in [0.25, 0.3) is 5.91 Å². The summed E-state index contributed by atoms with van der Waals surface area (Å²) in [7, 11) is 0. The number of para-hydroxylation sites is 1. The van der Waals surface area contributed by atoms with Gasteiger partial charge in [-0.3, -0.25) is 14.4 Å². The smallest absolute Gasteiger partial charge is 0.481 e. The number of aliphatic carboxylic acids is 1. The van der Waals surface area contributed by atoms with Crippen LogP contribution in [0.5, 0.6) is 5.88 Å². The second-order valence-corrected chi connectivity index (χ2v) is 9.36. The van der Waals surface area contributed by atoms with Crippen LogP contribution in [0.15, 0.2) is 36.4 Å². The number of nitrogens with zero attached hydrogens (tertiary/aromatic N) is 4. The van der Waals surface area contributed by atoms with E-state index in [1.165, 1.54) is 20.7 Å². The van der Waals surface area contributed by atoms with E-state index in [1.807, 2.05) is 30.3 Å². The first kappa shape index (κ1) is 27.9. The largest absolute Gasteiger partial charge is 0.527 e. The highest BCUT2D eigenvalue weighted by molar-refractivity contribution is 5.96. The highest BCUT2D eigenvalue weighted by atomic mass is 16.8. The quantitative estimate of drug-likeness (QED) is 0.379. The van der Waals surface area contributed by atoms with Gasteiger partial charge in [0.15, 0.2) is 5.69 Å². The second-order valence-electron chi connectivity index (χ2n) is 9.36. The Hall–Kier alpha value is -4.13. The van der Waals surface area contributed by atoms with Gasteiger partial charge in [-0.15, -0.1) is 5.06 Å². The molecule has 2 N–H and O–H groups in total. The van der Waals surface area contributed by atoms with Crippen LogP contribution in [0.25, 0.3) is 5.69 Å². The Balaban J connectivity index is 1.44. The zero-order valence-electron chi connectivity index (χ0n) is 21.8. The molecule has 1 aromatic carbocycles. The van der Waals surface area contributed by atoms with Crippen molar-refractivity contribution in [3.63, 3.8) is 0 Å². The normalized spacial score (nSPS) is 16.3. The van der Waals surface area contributed by atoms with E-state index in [2.05, 4.69) is 10.4 Å². The number of carbonyl (C=O) groups excluding carboxylic acids is 3. The molecule has 1 aliphatic heterocycles. The summed E-state index contributed by atoms with van der Waals surface area (Å²) in [5.74, 6) is -1.23. The molecule has 0 bridgehead atoms. The molecule has 1 atom stereocenters. The Labute approximate surface area is 225 Å². The predicted octanol–water partition coefficient (Wildman–Crippen LogP) is 1.86. The lowest BCUT2D eigenvalue weighted by Crippen LogP contribution is -2.55. The maximum Gasteiger partial charge on any atom is 0.527 e. The van der Waals surface area contributed by atoms with Crippen LogP contribution in [0.1, 0.15) is 43.1 Å². The summed E-state index contributed by atoms with van der Waals surface area (Å²) < 4.78 is 12.2. The van der Waals surface area contributed by atoms with Crippen molar-refractivity contribution in [1.82, 2.24) is 25.1 Å². The molecule has 1 saturated carbocycles. The van der Waals surface area contributed by atoms with E-state index in [4.69, 9.17) is 14.3 Å². The molecule has 13 heteroatoms. The third kappa shape index (κ3) is 7.93. The Morgan fingerprint density at radius 1 is 1.10 bits per heavy atom. The van der Waals surface area contributed by atoms with E-state index in [1.54, 1.807) is 6.92 Å². The summed E-state index contributed by atoms with van der Waals surface area (Å²) >= 11 is 0. The molecule has 4 rings (SSSR count). The van der Waals surface area contributed by atoms with E-state index in [-0.39, 0.29) is 51.3 Å². The lowest BCUT2D eigenvalue weighted by molar-refractivity contribution is -0.157. The fourth-order valence-electron chi connectivity index (χ4n) is 4.05. The number of nitrogens with one attached hydrogen (secondary N) is 1. The van der Waals surface area contributed by atoms with Gasteiger partial charge in [0.1, 0.15) is 6.04 Å². The van der Waals surface area contributed by atoms with Crippen LogP contribution in [0.3, 0.4) is 0 Å². The van der Waals surface area contributed by atoms with Crippen LogP contribution < -0.4 is 10.1 Å². The first-order chi connectivity index (χ1) is 18.8. The minimum Gasteiger partial charge on any atom is -0.481 e. The molecular formula is C26H33N5O8. The Morgan fingerprint density at radius 2 is 1.82 bits per heavy atom. The number of carbonyl (C=O) groups is 4. The fourth-order valence-corrected chi connectivity index (χ4v) is 4.05. The van der Waals surface area contributed by atoms with E-state index in [0.717, 1.165) is 12.8 Å². The molecule has 1 saturated heterocycles. The Bertz CT molecular complexity index is 1160. The van der Waals surface area contributed by atoms with Crippen LogP contribution in [0.4, 0.5) is 4.79 Å². The van der Waals surface area contributed by atoms with Crippen molar-refractivity contribution in [2.45, 2.75) is 38.6 Å². The summed E-state index contributed by atoms with van der Waals surface area (Å²) in [4.78, 5) is 55.9. The zero-order valence-corrected chi connectivity index (χ0v) is 21.8. The van der Waals surface area contributed by atoms with Crippen LogP contribution in [0, 0.1) is 5.92 Å². The molecule has 2 aliphatic rings. The minimum absolute atomic E-state index is 0.0467. The van der Waals surface area contributed by atoms with Crippen molar-refractivity contribution < 1.29 is 38.6 Å². The fraction of sp³-hybridized carbons (Fsp3) is 0.500. The minimum atomic E-state index is -1.08. The lowest BCUT2D eigenvalue weighted by Gasteiger charge is -2.35. The number of hydrogen-bond donors (Lipinski definition) is 2. The Kier molecular flexibility index (Phi) is 9.36. The molecule has 39 heavy (non-hydrogen) atoms. The van der Waals surface area contributed by atoms with Gasteiger partial charge in [-0.25, -0.2) is 9.48 Å². The number of aromatic nitrogens is 2. The number of benzene rings is 1. The van der Waals surface area contributed by atoms with Gasteiger partial charge in [0.2, 0.25) is 11.8 Å². The number of amides is 2. The molecule has 0 spiro atoms. The molecule has 2 amide bonds. The maximum atomic E-state index is 13.3. The number of piperazine rings is 1. The van der Waals surface area contributed by atoms with Gasteiger partial charge in [-0.1, -0.05) is 18.2 Å². The summed E-state index contributed by atoms with van der Waals surface area (Å²) in [6.45, 7) is 3.29. The molecule has 210 valence electrons. The molecular weight excluding hydrogens is 510 g/mol. The number of hydrogen-bond acceptors (Lipinski definition) is 9. The van der Waals surface area contributed by atoms with Gasteiger partial charge in [-0.2, -0.15) is 5.10 Å². The van der Waals surface area contributed by atoms with Crippen molar-refractivity contribution in [3.05, 3.63) is 42.1 Å². The van der Waals surface area contributed by atoms with E-state index < -0.39 is 30.0 Å². The highest BCUT2D eigenvalue weighted by Crippen LogP contribution is 2.30. The maximum absolute atomic E-state index is 13.3. The lowest BCUT2D eigenvalue weighted by atomic mass is 10.1. The van der Waals surface area contributed by atoms with E-state index in [0.29, 0.717) is 24.1 Å². The summed E-state index contributed by atoms with van der Waals surface area (Å²) in [6.07, 6.45) is 0.979. The molecule has 13 nitrogen and oxygen atoms in total. The van der Waals surface area contributed by atoms with Gasteiger partial charge in [0, 0.05) is 25.6 Å². The van der Waals surface area contributed by atoms with Crippen LogP contribution in [-0.2, 0) is 19.2 Å². The highest BCUT2D eigenvalue weighted by Gasteiger charge is 2.31. The predicted molar refractivity (Wildman–Crippen MR) is 136 cm³/mol. The average molecular weight is 544 g/mol. The van der Waals surface area contributed by atoms with Crippen molar-refractivity contribution >= 4 is 23.9 Å². The van der Waals surface area contributed by atoms with Gasteiger partial charge in [-0.05, 0) is 44.2 Å². The molecule has 0 unspecified atom stereocenters. The van der Waals surface area contributed by atoms with Crippen molar-refractivity contribution in [2.24, 2.45) is 5.92 Å². The molecule has 1 aromatic heterocycles. The topological polar surface area (TPSA) is 153 Å². The monoisotopic (exact) mass is 543 g/mol. The summed E-state index contributed by atoms with van der Waals surface area (Å²) in [6, 6.07) is 9.68. The first-order valence-electron chi connectivity index (χ1n) is 13.0. The van der Waals surface area contributed by atoms with Gasteiger partial charge >= 0.3 is 12.1 Å². The summed E-state index contributed by atoms with van der Waals surface area (Å²) in [5.41, 5.74) is 0.759. The molecule has 0 radical (unpaired) electrons. The van der Waals surface area contributed by atoms with Crippen LogP contribution in [0.2, 0.25) is 0 Å². The molecule has 1 aliphatic carbocycles. The third-order valence-electron chi connectivity index (χ3n) is 6.34. The molecule has 2 heterocycles. The van der Waals surface area contributed by atoms with Crippen molar-refractivity contribution in [3.8, 4) is 11.6 Å².